The van der Waals surface area contributed by atoms with Gasteiger partial charge in [0.2, 0.25) is 0 Å². The molecule has 1 aromatic carbocycles. The van der Waals surface area contributed by atoms with Crippen LogP contribution in [-0.4, -0.2) is 9.38 Å². The van der Waals surface area contributed by atoms with Crippen LogP contribution in [0.5, 0.6) is 0 Å². The van der Waals surface area contributed by atoms with Crippen LogP contribution in [0, 0.1) is 5.82 Å². The summed E-state index contributed by atoms with van der Waals surface area (Å²) in [5.74, 6) is 1.43. The van der Waals surface area contributed by atoms with Crippen molar-refractivity contribution in [2.24, 2.45) is 0 Å². The van der Waals surface area contributed by atoms with Gasteiger partial charge in [0.15, 0.2) is 0 Å². The van der Waals surface area contributed by atoms with Gasteiger partial charge in [-0.05, 0) is 42.0 Å². The van der Waals surface area contributed by atoms with Crippen LogP contribution in [0.4, 0.5) is 10.2 Å². The molecular weight excluding hydrogens is 305 g/mol. The minimum absolute atomic E-state index is 0.229. The SMILES string of the molecule is Fc1ccc(Cc2c(NCc3ccco3)nc3ccccn23)cc1. The van der Waals surface area contributed by atoms with Crippen LogP contribution < -0.4 is 5.32 Å². The van der Waals surface area contributed by atoms with Gasteiger partial charge in [0.05, 0.1) is 18.5 Å². The third kappa shape index (κ3) is 2.88. The van der Waals surface area contributed by atoms with Gasteiger partial charge in [0.25, 0.3) is 0 Å². The number of benzene rings is 1. The van der Waals surface area contributed by atoms with Crippen molar-refractivity contribution in [2.75, 3.05) is 5.32 Å². The van der Waals surface area contributed by atoms with Gasteiger partial charge >= 0.3 is 0 Å². The van der Waals surface area contributed by atoms with Crippen molar-refractivity contribution in [1.29, 1.82) is 0 Å². The van der Waals surface area contributed by atoms with Crippen LogP contribution in [0.15, 0.2) is 71.5 Å². The number of anilines is 1. The van der Waals surface area contributed by atoms with Crippen molar-refractivity contribution in [3.8, 4) is 0 Å². The Bertz CT molecular complexity index is 943. The molecule has 0 aliphatic heterocycles. The molecule has 0 saturated carbocycles. The number of hydrogen-bond acceptors (Lipinski definition) is 3. The lowest BCUT2D eigenvalue weighted by Gasteiger charge is -2.07. The summed E-state index contributed by atoms with van der Waals surface area (Å²) in [6.07, 6.45) is 4.30. The monoisotopic (exact) mass is 321 g/mol. The molecular formula is C19H16FN3O. The fourth-order valence-electron chi connectivity index (χ4n) is 2.74. The Hall–Kier alpha value is -3.08. The molecule has 3 heterocycles. The maximum atomic E-state index is 13.1. The molecule has 0 atom stereocenters. The van der Waals surface area contributed by atoms with Crippen molar-refractivity contribution < 1.29 is 8.81 Å². The second-order valence-corrected chi connectivity index (χ2v) is 5.57. The number of imidazole rings is 1. The van der Waals surface area contributed by atoms with Gasteiger partial charge in [-0.2, -0.15) is 0 Å². The highest BCUT2D eigenvalue weighted by atomic mass is 19.1. The Labute approximate surface area is 138 Å². The summed E-state index contributed by atoms with van der Waals surface area (Å²) in [7, 11) is 0. The smallest absolute Gasteiger partial charge is 0.149 e. The van der Waals surface area contributed by atoms with Gasteiger partial charge in [-0.1, -0.05) is 18.2 Å². The van der Waals surface area contributed by atoms with E-state index in [1.807, 2.05) is 40.9 Å². The average molecular weight is 321 g/mol. The van der Waals surface area contributed by atoms with Gasteiger partial charge < -0.3 is 14.1 Å². The number of furan rings is 1. The first-order valence-corrected chi connectivity index (χ1v) is 7.76. The first kappa shape index (κ1) is 14.5. The van der Waals surface area contributed by atoms with Crippen molar-refractivity contribution in [3.05, 3.63) is 89.9 Å². The van der Waals surface area contributed by atoms with Crippen LogP contribution >= 0.6 is 0 Å². The Morgan fingerprint density at radius 3 is 2.71 bits per heavy atom. The van der Waals surface area contributed by atoms with Gasteiger partial charge in [-0.25, -0.2) is 9.37 Å². The molecule has 0 spiro atoms. The number of aromatic nitrogens is 2. The van der Waals surface area contributed by atoms with Crippen LogP contribution in [0.3, 0.4) is 0 Å². The van der Waals surface area contributed by atoms with E-state index in [2.05, 4.69) is 10.3 Å². The Balaban J connectivity index is 1.68. The molecule has 0 unspecified atom stereocenters. The predicted molar refractivity (Wildman–Crippen MR) is 90.4 cm³/mol. The lowest BCUT2D eigenvalue weighted by Crippen LogP contribution is -2.03. The molecule has 0 fully saturated rings. The summed E-state index contributed by atoms with van der Waals surface area (Å²) in [6, 6.07) is 16.2. The quantitative estimate of drug-likeness (QED) is 0.597. The van der Waals surface area contributed by atoms with E-state index >= 15 is 0 Å². The number of halogens is 1. The number of fused-ring (bicyclic) bond motifs is 1. The molecule has 24 heavy (non-hydrogen) atoms. The molecule has 4 rings (SSSR count). The van der Waals surface area contributed by atoms with E-state index in [4.69, 9.17) is 4.42 Å². The van der Waals surface area contributed by atoms with E-state index in [-0.39, 0.29) is 5.82 Å². The summed E-state index contributed by atoms with van der Waals surface area (Å²) >= 11 is 0. The number of rotatable bonds is 5. The van der Waals surface area contributed by atoms with E-state index in [1.165, 1.54) is 12.1 Å². The Morgan fingerprint density at radius 1 is 1.04 bits per heavy atom. The molecule has 3 aromatic heterocycles. The van der Waals surface area contributed by atoms with Crippen LogP contribution in [0.25, 0.3) is 5.65 Å². The van der Waals surface area contributed by atoms with Crippen LogP contribution in [0.2, 0.25) is 0 Å². The summed E-state index contributed by atoms with van der Waals surface area (Å²) in [6.45, 7) is 0.563. The lowest BCUT2D eigenvalue weighted by molar-refractivity contribution is 0.518. The van der Waals surface area contributed by atoms with Gasteiger partial charge in [-0.3, -0.25) is 0 Å². The molecule has 4 aromatic rings. The molecule has 120 valence electrons. The van der Waals surface area contributed by atoms with Crippen molar-refractivity contribution in [2.45, 2.75) is 13.0 Å². The zero-order valence-corrected chi connectivity index (χ0v) is 12.9. The van der Waals surface area contributed by atoms with Crippen LogP contribution in [0.1, 0.15) is 17.0 Å². The molecule has 0 amide bonds. The Kier molecular flexibility index (Phi) is 3.75. The standard InChI is InChI=1S/C19H16FN3O/c20-15-8-6-14(7-9-15)12-17-19(21-13-16-4-3-11-24-16)22-18-5-1-2-10-23(17)18/h1-11,21H,12-13H2. The van der Waals surface area contributed by atoms with Gasteiger partial charge in [-0.15, -0.1) is 0 Å². The molecule has 0 aliphatic rings. The topological polar surface area (TPSA) is 42.5 Å². The Morgan fingerprint density at radius 2 is 1.92 bits per heavy atom. The zero-order chi connectivity index (χ0) is 16.4. The average Bonchev–Trinajstić information content (AvgIpc) is 3.23. The third-order valence-corrected chi connectivity index (χ3v) is 3.92. The second kappa shape index (κ2) is 6.20. The first-order valence-electron chi connectivity index (χ1n) is 7.76. The summed E-state index contributed by atoms with van der Waals surface area (Å²) in [5, 5.41) is 3.34. The minimum atomic E-state index is -0.229. The molecule has 0 radical (unpaired) electrons. The normalized spacial score (nSPS) is 11.0. The summed E-state index contributed by atoms with van der Waals surface area (Å²) < 4.78 is 20.5. The first-order chi connectivity index (χ1) is 11.8. The second-order valence-electron chi connectivity index (χ2n) is 5.57. The molecule has 4 nitrogen and oxygen atoms in total. The van der Waals surface area contributed by atoms with E-state index in [0.717, 1.165) is 28.5 Å². The van der Waals surface area contributed by atoms with Gasteiger partial charge in [0, 0.05) is 12.6 Å². The predicted octanol–water partition coefficient (Wildman–Crippen LogP) is 4.27. The van der Waals surface area contributed by atoms with Crippen LogP contribution in [-0.2, 0) is 13.0 Å². The van der Waals surface area contributed by atoms with E-state index in [0.29, 0.717) is 13.0 Å². The molecule has 5 heteroatoms. The maximum Gasteiger partial charge on any atom is 0.149 e. The molecule has 0 bridgehead atoms. The van der Waals surface area contributed by atoms with Crippen molar-refractivity contribution in [1.82, 2.24) is 9.38 Å². The fraction of sp³-hybridized carbons (Fsp3) is 0.105. The minimum Gasteiger partial charge on any atom is -0.467 e. The zero-order valence-electron chi connectivity index (χ0n) is 12.9. The molecule has 0 aliphatic carbocycles. The fourth-order valence-corrected chi connectivity index (χ4v) is 2.74. The molecule has 1 N–H and O–H groups in total. The van der Waals surface area contributed by atoms with Crippen molar-refractivity contribution in [3.63, 3.8) is 0 Å². The number of nitrogens with zero attached hydrogens (tertiary/aromatic N) is 2. The lowest BCUT2D eigenvalue weighted by atomic mass is 10.1. The summed E-state index contributed by atoms with van der Waals surface area (Å²) in [5.41, 5.74) is 2.93. The van der Waals surface area contributed by atoms with E-state index in [9.17, 15) is 4.39 Å². The van der Waals surface area contributed by atoms with E-state index < -0.39 is 0 Å². The van der Waals surface area contributed by atoms with Crippen molar-refractivity contribution >= 4 is 11.5 Å². The highest BCUT2D eigenvalue weighted by Crippen LogP contribution is 2.22. The third-order valence-electron chi connectivity index (χ3n) is 3.92. The number of nitrogens with one attached hydrogen (secondary N) is 1. The number of hydrogen-bond donors (Lipinski definition) is 1. The maximum absolute atomic E-state index is 13.1. The highest BCUT2D eigenvalue weighted by Gasteiger charge is 2.13. The number of pyridine rings is 1. The highest BCUT2D eigenvalue weighted by molar-refractivity contribution is 5.55. The largest absolute Gasteiger partial charge is 0.467 e. The molecule has 0 saturated heterocycles. The van der Waals surface area contributed by atoms with E-state index in [1.54, 1.807) is 18.4 Å². The van der Waals surface area contributed by atoms with Gasteiger partial charge in [0.1, 0.15) is 23.0 Å². The summed E-state index contributed by atoms with van der Waals surface area (Å²) in [4.78, 5) is 4.66.